The molecule has 6 heteroatoms. The number of hydrogen-bond donors (Lipinski definition) is 2. The Labute approximate surface area is 91.5 Å². The molecule has 0 unspecified atom stereocenters. The normalized spacial score (nSPS) is 10.0. The summed E-state index contributed by atoms with van der Waals surface area (Å²) >= 11 is 0. The molecule has 0 aliphatic rings. The Balaban J connectivity index is 1.94. The van der Waals surface area contributed by atoms with E-state index in [2.05, 4.69) is 15.3 Å². The van der Waals surface area contributed by atoms with E-state index in [0.717, 1.165) is 5.56 Å². The number of nitrogen functional groups attached to an aromatic ring is 1. The van der Waals surface area contributed by atoms with E-state index in [-0.39, 0.29) is 17.6 Å². The maximum Gasteiger partial charge on any atom is 0.292 e. The number of anilines is 1. The van der Waals surface area contributed by atoms with E-state index in [0.29, 0.717) is 6.54 Å². The summed E-state index contributed by atoms with van der Waals surface area (Å²) in [5.74, 6) is -0.329. The molecule has 0 bridgehead atoms. The summed E-state index contributed by atoms with van der Waals surface area (Å²) in [4.78, 5) is 19.2. The molecule has 16 heavy (non-hydrogen) atoms. The summed E-state index contributed by atoms with van der Waals surface area (Å²) in [6.07, 6.45) is 4.56. The number of carbonyl (C=O) groups excluding carboxylic acids is 1. The van der Waals surface area contributed by atoms with E-state index in [1.54, 1.807) is 18.5 Å². The molecule has 1 amide bonds. The van der Waals surface area contributed by atoms with Gasteiger partial charge < -0.3 is 15.5 Å². The maximum atomic E-state index is 11.5. The lowest BCUT2D eigenvalue weighted by molar-refractivity contribution is 0.0946. The standard InChI is InChI=1S/C10H10N4O2/c11-10-14-8(6-16-10)9(15)13-5-7-2-1-3-12-4-7/h1-4,6H,5H2,(H2,11,14)(H,13,15). The van der Waals surface area contributed by atoms with Crippen molar-refractivity contribution in [2.45, 2.75) is 6.54 Å². The van der Waals surface area contributed by atoms with E-state index < -0.39 is 0 Å². The first-order chi connectivity index (χ1) is 7.75. The number of hydrogen-bond acceptors (Lipinski definition) is 5. The van der Waals surface area contributed by atoms with Gasteiger partial charge in [0.25, 0.3) is 11.9 Å². The molecule has 0 aromatic carbocycles. The average molecular weight is 218 g/mol. The molecule has 2 rings (SSSR count). The van der Waals surface area contributed by atoms with Gasteiger partial charge in [0, 0.05) is 18.9 Å². The van der Waals surface area contributed by atoms with Gasteiger partial charge in [-0.2, -0.15) is 4.98 Å². The van der Waals surface area contributed by atoms with Gasteiger partial charge in [-0.1, -0.05) is 6.07 Å². The van der Waals surface area contributed by atoms with Crippen molar-refractivity contribution in [3.63, 3.8) is 0 Å². The van der Waals surface area contributed by atoms with Crippen molar-refractivity contribution >= 4 is 11.9 Å². The van der Waals surface area contributed by atoms with Gasteiger partial charge >= 0.3 is 0 Å². The molecule has 0 saturated carbocycles. The fourth-order valence-corrected chi connectivity index (χ4v) is 1.17. The fraction of sp³-hybridized carbons (Fsp3) is 0.100. The van der Waals surface area contributed by atoms with Crippen LogP contribution in [0.3, 0.4) is 0 Å². The number of nitrogens with zero attached hydrogens (tertiary/aromatic N) is 2. The highest BCUT2D eigenvalue weighted by atomic mass is 16.4. The Morgan fingerprint density at radius 3 is 3.06 bits per heavy atom. The number of nitrogens with two attached hydrogens (primary N) is 1. The molecular weight excluding hydrogens is 208 g/mol. The van der Waals surface area contributed by atoms with Gasteiger partial charge in [-0.25, -0.2) is 0 Å². The Hall–Kier alpha value is -2.37. The van der Waals surface area contributed by atoms with E-state index in [1.165, 1.54) is 6.26 Å². The van der Waals surface area contributed by atoms with Crippen LogP contribution in [0.25, 0.3) is 0 Å². The quantitative estimate of drug-likeness (QED) is 0.785. The minimum atomic E-state index is -0.329. The van der Waals surface area contributed by atoms with Gasteiger partial charge in [-0.05, 0) is 11.6 Å². The highest BCUT2D eigenvalue weighted by Gasteiger charge is 2.09. The monoisotopic (exact) mass is 218 g/mol. The van der Waals surface area contributed by atoms with Crippen LogP contribution >= 0.6 is 0 Å². The van der Waals surface area contributed by atoms with Crippen molar-refractivity contribution in [2.75, 3.05) is 5.73 Å². The second-order valence-corrected chi connectivity index (χ2v) is 3.11. The van der Waals surface area contributed by atoms with E-state index >= 15 is 0 Å². The van der Waals surface area contributed by atoms with Gasteiger partial charge in [0.1, 0.15) is 6.26 Å². The molecule has 0 atom stereocenters. The van der Waals surface area contributed by atoms with Crippen LogP contribution in [-0.2, 0) is 6.54 Å². The average Bonchev–Trinajstić information content (AvgIpc) is 2.74. The predicted octanol–water partition coefficient (Wildman–Crippen LogP) is 0.582. The number of carbonyl (C=O) groups is 1. The topological polar surface area (TPSA) is 94.0 Å². The second kappa shape index (κ2) is 4.43. The highest BCUT2D eigenvalue weighted by molar-refractivity contribution is 5.92. The Kier molecular flexibility index (Phi) is 2.81. The van der Waals surface area contributed by atoms with E-state index in [1.807, 2.05) is 6.07 Å². The third-order valence-corrected chi connectivity index (χ3v) is 1.93. The van der Waals surface area contributed by atoms with Gasteiger partial charge in [-0.3, -0.25) is 9.78 Å². The summed E-state index contributed by atoms with van der Waals surface area (Å²) < 4.78 is 4.73. The summed E-state index contributed by atoms with van der Waals surface area (Å²) in [5, 5.41) is 2.67. The molecule has 2 heterocycles. The van der Waals surface area contributed by atoms with Crippen LogP contribution in [0, 0.1) is 0 Å². The predicted molar refractivity (Wildman–Crippen MR) is 56.3 cm³/mol. The Bertz CT molecular complexity index is 481. The molecule has 0 spiro atoms. The second-order valence-electron chi connectivity index (χ2n) is 3.11. The Morgan fingerprint density at radius 2 is 2.44 bits per heavy atom. The lowest BCUT2D eigenvalue weighted by Gasteiger charge is -2.01. The van der Waals surface area contributed by atoms with Crippen molar-refractivity contribution < 1.29 is 9.21 Å². The van der Waals surface area contributed by atoms with Crippen LogP contribution < -0.4 is 11.1 Å². The molecule has 0 radical (unpaired) electrons. The largest absolute Gasteiger partial charge is 0.431 e. The zero-order chi connectivity index (χ0) is 11.4. The first-order valence-corrected chi connectivity index (χ1v) is 4.64. The number of oxazole rings is 1. The van der Waals surface area contributed by atoms with Crippen LogP contribution in [0.5, 0.6) is 0 Å². The zero-order valence-corrected chi connectivity index (χ0v) is 8.38. The third kappa shape index (κ3) is 2.35. The summed E-state index contributed by atoms with van der Waals surface area (Å²) in [7, 11) is 0. The molecule has 0 aliphatic carbocycles. The van der Waals surface area contributed by atoms with Crippen molar-refractivity contribution in [1.29, 1.82) is 0 Å². The van der Waals surface area contributed by atoms with Gasteiger partial charge in [0.05, 0.1) is 0 Å². The van der Waals surface area contributed by atoms with Gasteiger partial charge in [0.15, 0.2) is 5.69 Å². The zero-order valence-electron chi connectivity index (χ0n) is 8.38. The lowest BCUT2D eigenvalue weighted by atomic mass is 10.3. The molecule has 82 valence electrons. The van der Waals surface area contributed by atoms with Crippen LogP contribution in [0.4, 0.5) is 6.01 Å². The summed E-state index contributed by atoms with van der Waals surface area (Å²) in [5.41, 5.74) is 6.33. The number of rotatable bonds is 3. The number of nitrogens with one attached hydrogen (secondary N) is 1. The lowest BCUT2D eigenvalue weighted by Crippen LogP contribution is -2.23. The summed E-state index contributed by atoms with van der Waals surface area (Å²) in [6, 6.07) is 3.64. The first-order valence-electron chi connectivity index (χ1n) is 4.64. The minimum Gasteiger partial charge on any atom is -0.431 e. The van der Waals surface area contributed by atoms with Crippen molar-refractivity contribution in [3.05, 3.63) is 42.0 Å². The van der Waals surface area contributed by atoms with E-state index in [4.69, 9.17) is 10.2 Å². The summed E-state index contributed by atoms with van der Waals surface area (Å²) in [6.45, 7) is 0.388. The van der Waals surface area contributed by atoms with Crippen LogP contribution in [0.1, 0.15) is 16.1 Å². The molecule has 2 aromatic heterocycles. The molecule has 0 fully saturated rings. The molecule has 3 N–H and O–H groups in total. The van der Waals surface area contributed by atoms with E-state index in [9.17, 15) is 4.79 Å². The highest BCUT2D eigenvalue weighted by Crippen LogP contribution is 2.03. The molecule has 2 aromatic rings. The molecule has 0 saturated heterocycles. The SMILES string of the molecule is Nc1nc(C(=O)NCc2cccnc2)co1. The van der Waals surface area contributed by atoms with Crippen LogP contribution in [0.2, 0.25) is 0 Å². The number of pyridine rings is 1. The third-order valence-electron chi connectivity index (χ3n) is 1.93. The van der Waals surface area contributed by atoms with Crippen molar-refractivity contribution in [1.82, 2.24) is 15.3 Å². The van der Waals surface area contributed by atoms with Crippen LogP contribution in [0.15, 0.2) is 35.2 Å². The minimum absolute atomic E-state index is 0.0217. The number of aromatic nitrogens is 2. The van der Waals surface area contributed by atoms with Crippen molar-refractivity contribution in [3.8, 4) is 0 Å². The molecule has 0 aliphatic heterocycles. The Morgan fingerprint density at radius 1 is 1.56 bits per heavy atom. The first kappa shape index (κ1) is 10.2. The van der Waals surface area contributed by atoms with Gasteiger partial charge in [-0.15, -0.1) is 0 Å². The molecular formula is C10H10N4O2. The maximum absolute atomic E-state index is 11.5. The van der Waals surface area contributed by atoms with Gasteiger partial charge in [0.2, 0.25) is 0 Å². The van der Waals surface area contributed by atoms with Crippen LogP contribution in [-0.4, -0.2) is 15.9 Å². The smallest absolute Gasteiger partial charge is 0.292 e. The number of amides is 1. The fourth-order valence-electron chi connectivity index (χ4n) is 1.17. The molecule has 6 nitrogen and oxygen atoms in total. The van der Waals surface area contributed by atoms with Crippen molar-refractivity contribution in [2.24, 2.45) is 0 Å².